The lowest BCUT2D eigenvalue weighted by Gasteiger charge is -2.14. The smallest absolute Gasteiger partial charge is 0.341 e. The first kappa shape index (κ1) is 16.1. The summed E-state index contributed by atoms with van der Waals surface area (Å²) in [6.07, 6.45) is 1.51. The molecular weight excluding hydrogens is 326 g/mol. The highest BCUT2D eigenvalue weighted by Crippen LogP contribution is 2.31. The molecule has 0 aliphatic carbocycles. The maximum absolute atomic E-state index is 12.3. The van der Waals surface area contributed by atoms with E-state index in [2.05, 4.69) is 10.3 Å². The van der Waals surface area contributed by atoms with Gasteiger partial charge in [0.25, 0.3) is 0 Å². The van der Waals surface area contributed by atoms with Crippen molar-refractivity contribution in [2.75, 3.05) is 17.7 Å². The molecule has 5 nitrogen and oxygen atoms in total. The Bertz CT molecular complexity index is 895. The monoisotopic (exact) mass is 341 g/mol. The van der Waals surface area contributed by atoms with Crippen LogP contribution in [0, 0.1) is 0 Å². The number of fused-ring (bicyclic) bond motifs is 1. The number of carbonyl (C=O) groups excluding carboxylic acids is 1. The number of esters is 1. The maximum atomic E-state index is 12.3. The van der Waals surface area contributed by atoms with Gasteiger partial charge in [0.15, 0.2) is 0 Å². The van der Waals surface area contributed by atoms with E-state index in [1.54, 1.807) is 37.3 Å². The predicted molar refractivity (Wildman–Crippen MR) is 96.8 cm³/mol. The Morgan fingerprint density at radius 1 is 1.25 bits per heavy atom. The van der Waals surface area contributed by atoms with Crippen molar-refractivity contribution in [2.24, 2.45) is 0 Å². The van der Waals surface area contributed by atoms with Crippen molar-refractivity contribution in [3.63, 3.8) is 0 Å². The highest BCUT2D eigenvalue weighted by Gasteiger charge is 2.17. The molecule has 24 heavy (non-hydrogen) atoms. The standard InChI is InChI=1S/C18H16ClN3O2/c1-2-24-18(23)15-10-21-16-8-3-11(19)9-14(16)17(15)22-13-6-4-12(20)5-7-13/h3-10H,2,20H2,1H3,(H,21,22). The molecule has 0 spiro atoms. The fraction of sp³-hybridized carbons (Fsp3) is 0.111. The number of nitrogens with two attached hydrogens (primary N) is 1. The lowest BCUT2D eigenvalue weighted by atomic mass is 10.1. The molecule has 2 aromatic carbocycles. The number of halogens is 1. The van der Waals surface area contributed by atoms with Gasteiger partial charge in [0, 0.05) is 28.0 Å². The number of benzene rings is 2. The van der Waals surface area contributed by atoms with Crippen LogP contribution in [0.3, 0.4) is 0 Å². The summed E-state index contributed by atoms with van der Waals surface area (Å²) < 4.78 is 5.13. The minimum atomic E-state index is -0.440. The Hall–Kier alpha value is -2.79. The molecule has 0 amide bonds. The molecule has 1 aromatic heterocycles. The highest BCUT2D eigenvalue weighted by molar-refractivity contribution is 6.31. The van der Waals surface area contributed by atoms with E-state index in [1.807, 2.05) is 12.1 Å². The van der Waals surface area contributed by atoms with E-state index >= 15 is 0 Å². The van der Waals surface area contributed by atoms with Crippen LogP contribution in [0.4, 0.5) is 17.1 Å². The van der Waals surface area contributed by atoms with Gasteiger partial charge in [-0.3, -0.25) is 4.98 Å². The Kier molecular flexibility index (Phi) is 4.53. The molecule has 0 fully saturated rings. The summed E-state index contributed by atoms with van der Waals surface area (Å²) in [6.45, 7) is 2.05. The Morgan fingerprint density at radius 2 is 2.00 bits per heavy atom. The zero-order valence-corrected chi connectivity index (χ0v) is 13.8. The van der Waals surface area contributed by atoms with Crippen LogP contribution in [-0.2, 0) is 4.74 Å². The van der Waals surface area contributed by atoms with Crippen LogP contribution in [0.25, 0.3) is 10.9 Å². The first-order chi connectivity index (χ1) is 11.6. The van der Waals surface area contributed by atoms with E-state index in [1.165, 1.54) is 6.20 Å². The van der Waals surface area contributed by atoms with Gasteiger partial charge >= 0.3 is 5.97 Å². The zero-order chi connectivity index (χ0) is 17.1. The molecule has 3 aromatic rings. The molecule has 0 saturated carbocycles. The van der Waals surface area contributed by atoms with Crippen LogP contribution >= 0.6 is 11.6 Å². The van der Waals surface area contributed by atoms with Crippen molar-refractivity contribution in [1.82, 2.24) is 4.98 Å². The summed E-state index contributed by atoms with van der Waals surface area (Å²) in [7, 11) is 0. The van der Waals surface area contributed by atoms with Gasteiger partial charge < -0.3 is 15.8 Å². The fourth-order valence-electron chi connectivity index (χ4n) is 2.37. The first-order valence-electron chi connectivity index (χ1n) is 7.46. The van der Waals surface area contributed by atoms with Crippen LogP contribution in [0.5, 0.6) is 0 Å². The van der Waals surface area contributed by atoms with Crippen LogP contribution in [-0.4, -0.2) is 17.6 Å². The number of hydrogen-bond acceptors (Lipinski definition) is 5. The topological polar surface area (TPSA) is 77.2 Å². The Balaban J connectivity index is 2.16. The lowest BCUT2D eigenvalue weighted by molar-refractivity contribution is 0.0527. The summed E-state index contributed by atoms with van der Waals surface area (Å²) in [5.41, 5.74) is 8.85. The summed E-state index contributed by atoms with van der Waals surface area (Å²) in [5, 5.41) is 4.56. The molecule has 0 saturated heterocycles. The second-order valence-corrected chi connectivity index (χ2v) is 5.61. The normalized spacial score (nSPS) is 10.6. The molecule has 1 heterocycles. The van der Waals surface area contributed by atoms with Gasteiger partial charge in [-0.05, 0) is 49.4 Å². The molecule has 0 aliphatic rings. The van der Waals surface area contributed by atoms with Gasteiger partial charge in [-0.25, -0.2) is 4.79 Å². The molecule has 122 valence electrons. The highest BCUT2D eigenvalue weighted by atomic mass is 35.5. The number of aromatic nitrogens is 1. The number of nitrogens with one attached hydrogen (secondary N) is 1. The van der Waals surface area contributed by atoms with E-state index < -0.39 is 5.97 Å². The summed E-state index contributed by atoms with van der Waals surface area (Å²) in [6, 6.07) is 12.6. The summed E-state index contributed by atoms with van der Waals surface area (Å²) in [4.78, 5) is 16.6. The molecule has 0 aliphatic heterocycles. The van der Waals surface area contributed by atoms with Gasteiger partial charge in [0.05, 0.1) is 17.8 Å². The minimum Gasteiger partial charge on any atom is -0.462 e. The second-order valence-electron chi connectivity index (χ2n) is 5.18. The van der Waals surface area contributed by atoms with E-state index in [9.17, 15) is 4.79 Å². The van der Waals surface area contributed by atoms with E-state index in [4.69, 9.17) is 22.1 Å². The average molecular weight is 342 g/mol. The number of nitrogen functional groups attached to an aromatic ring is 1. The van der Waals surface area contributed by atoms with E-state index in [0.717, 1.165) is 16.6 Å². The molecule has 0 bridgehead atoms. The quantitative estimate of drug-likeness (QED) is 0.543. The van der Waals surface area contributed by atoms with Gasteiger partial charge in [-0.15, -0.1) is 0 Å². The summed E-state index contributed by atoms with van der Waals surface area (Å²) in [5.74, 6) is -0.440. The van der Waals surface area contributed by atoms with E-state index in [-0.39, 0.29) is 6.61 Å². The molecule has 3 N–H and O–H groups in total. The third-order valence-corrected chi connectivity index (χ3v) is 3.74. The van der Waals surface area contributed by atoms with Crippen molar-refractivity contribution in [3.05, 3.63) is 59.2 Å². The molecule has 0 radical (unpaired) electrons. The van der Waals surface area contributed by atoms with E-state index in [0.29, 0.717) is 22.0 Å². The number of ether oxygens (including phenoxy) is 1. The first-order valence-corrected chi connectivity index (χ1v) is 7.84. The lowest BCUT2D eigenvalue weighted by Crippen LogP contribution is -2.09. The maximum Gasteiger partial charge on any atom is 0.341 e. The van der Waals surface area contributed by atoms with Crippen molar-refractivity contribution in [1.29, 1.82) is 0 Å². The number of hydrogen-bond donors (Lipinski definition) is 2. The van der Waals surface area contributed by atoms with Crippen molar-refractivity contribution in [3.8, 4) is 0 Å². The molecule has 0 unspecified atom stereocenters. The minimum absolute atomic E-state index is 0.285. The number of nitrogens with zero attached hydrogens (tertiary/aromatic N) is 1. The van der Waals surface area contributed by atoms with Crippen LogP contribution in [0.2, 0.25) is 5.02 Å². The largest absolute Gasteiger partial charge is 0.462 e. The van der Waals surface area contributed by atoms with Crippen LogP contribution in [0.15, 0.2) is 48.7 Å². The molecule has 6 heteroatoms. The van der Waals surface area contributed by atoms with Crippen molar-refractivity contribution < 1.29 is 9.53 Å². The molecule has 0 atom stereocenters. The third-order valence-electron chi connectivity index (χ3n) is 3.51. The fourth-order valence-corrected chi connectivity index (χ4v) is 2.55. The third kappa shape index (κ3) is 3.26. The second kappa shape index (κ2) is 6.76. The van der Waals surface area contributed by atoms with Gasteiger partial charge in [-0.2, -0.15) is 0 Å². The predicted octanol–water partition coefficient (Wildman–Crippen LogP) is 4.39. The van der Waals surface area contributed by atoms with Crippen LogP contribution in [0.1, 0.15) is 17.3 Å². The Morgan fingerprint density at radius 3 is 2.71 bits per heavy atom. The number of anilines is 3. The zero-order valence-electron chi connectivity index (χ0n) is 13.0. The summed E-state index contributed by atoms with van der Waals surface area (Å²) >= 11 is 6.12. The van der Waals surface area contributed by atoms with Gasteiger partial charge in [0.1, 0.15) is 5.56 Å². The molecular formula is C18H16ClN3O2. The van der Waals surface area contributed by atoms with Crippen LogP contribution < -0.4 is 11.1 Å². The Labute approximate surface area is 144 Å². The number of carbonyl (C=O) groups is 1. The van der Waals surface area contributed by atoms with Crippen molar-refractivity contribution in [2.45, 2.75) is 6.92 Å². The van der Waals surface area contributed by atoms with Gasteiger partial charge in [0.2, 0.25) is 0 Å². The number of rotatable bonds is 4. The number of pyridine rings is 1. The van der Waals surface area contributed by atoms with Crippen molar-refractivity contribution >= 4 is 45.5 Å². The SMILES string of the molecule is CCOC(=O)c1cnc2ccc(Cl)cc2c1Nc1ccc(N)cc1. The molecule has 3 rings (SSSR count). The van der Waals surface area contributed by atoms with Gasteiger partial charge in [-0.1, -0.05) is 11.6 Å². The average Bonchev–Trinajstić information content (AvgIpc) is 2.57.